The molecule has 2 aliphatic heterocycles. The molecule has 2 saturated heterocycles. The van der Waals surface area contributed by atoms with Gasteiger partial charge in [0, 0.05) is 0 Å². The van der Waals surface area contributed by atoms with Gasteiger partial charge in [0.1, 0.15) is 22.4 Å². The second kappa shape index (κ2) is 9.40. The zero-order valence-electron chi connectivity index (χ0n) is 21.4. The minimum atomic E-state index is 0.0198. The minimum absolute atomic E-state index is 0.0198. The zero-order valence-corrected chi connectivity index (χ0v) is 21.4. The fourth-order valence-corrected chi connectivity index (χ4v) is 9.06. The van der Waals surface area contributed by atoms with E-state index in [1.807, 2.05) is 0 Å². The number of rotatable bonds is 2. The summed E-state index contributed by atoms with van der Waals surface area (Å²) >= 11 is 0. The highest BCUT2D eigenvalue weighted by Gasteiger charge is 2.75. The first kappa shape index (κ1) is 23.3. The van der Waals surface area contributed by atoms with Crippen LogP contribution in [0.3, 0.4) is 0 Å². The van der Waals surface area contributed by atoms with Gasteiger partial charge >= 0.3 is 0 Å². The summed E-state index contributed by atoms with van der Waals surface area (Å²) in [5.41, 5.74) is 0.320. The van der Waals surface area contributed by atoms with Gasteiger partial charge in [-0.15, -0.1) is 0 Å². The maximum Gasteiger partial charge on any atom is 0.124 e. The first-order valence-corrected chi connectivity index (χ1v) is 15.3. The van der Waals surface area contributed by atoms with Crippen molar-refractivity contribution < 1.29 is 14.2 Å². The predicted octanol–water partition coefficient (Wildman–Crippen LogP) is 8.17. The van der Waals surface area contributed by atoms with Crippen LogP contribution in [0.15, 0.2) is 0 Å². The van der Waals surface area contributed by atoms with Crippen LogP contribution in [0.4, 0.5) is 0 Å². The molecule has 0 aromatic rings. The molecule has 3 nitrogen and oxygen atoms in total. The lowest BCUT2D eigenvalue weighted by atomic mass is 9.74. The van der Waals surface area contributed by atoms with Crippen molar-refractivity contribution in [2.45, 2.75) is 189 Å². The van der Waals surface area contributed by atoms with Crippen molar-refractivity contribution in [1.82, 2.24) is 0 Å². The molecular formula is C30H50O3. The standard InChI is InChI=1S/C30H50O3/c1-3-11-19-27-21-13-5-7-15-23-29(27,32-27)25(17-9-1)31-26-18-10-2-4-12-20-28-22-14-6-8-16-24-30(26,28)33-28/h25-26H,1-24H2. The Morgan fingerprint density at radius 2 is 0.727 bits per heavy atom. The Balaban J connectivity index is 1.29. The van der Waals surface area contributed by atoms with E-state index in [4.69, 9.17) is 14.2 Å². The Morgan fingerprint density at radius 3 is 1.12 bits per heavy atom. The van der Waals surface area contributed by atoms with Crippen molar-refractivity contribution in [3.63, 3.8) is 0 Å². The van der Waals surface area contributed by atoms with E-state index in [-0.39, 0.29) is 22.4 Å². The van der Waals surface area contributed by atoms with Crippen LogP contribution in [0.5, 0.6) is 0 Å². The zero-order chi connectivity index (χ0) is 22.2. The minimum Gasteiger partial charge on any atom is -0.369 e. The normalized spacial score (nSPS) is 49.1. The molecule has 2 heterocycles. The Labute approximate surface area is 203 Å². The van der Waals surface area contributed by atoms with E-state index in [0.717, 1.165) is 0 Å². The summed E-state index contributed by atoms with van der Waals surface area (Å²) in [5.74, 6) is 0. The molecule has 6 aliphatic rings. The third-order valence-electron chi connectivity index (χ3n) is 10.9. The van der Waals surface area contributed by atoms with Crippen molar-refractivity contribution in [1.29, 1.82) is 0 Å². The average Bonchev–Trinajstić information content (AvgIpc) is 3.62. The van der Waals surface area contributed by atoms with Crippen LogP contribution in [-0.4, -0.2) is 34.6 Å². The molecule has 0 amide bonds. The summed E-state index contributed by atoms with van der Waals surface area (Å²) in [5, 5.41) is 0. The van der Waals surface area contributed by atoms with Crippen LogP contribution in [0, 0.1) is 0 Å². The molecule has 0 spiro atoms. The van der Waals surface area contributed by atoms with Gasteiger partial charge in [-0.05, 0) is 51.4 Å². The van der Waals surface area contributed by atoms with Gasteiger partial charge in [-0.2, -0.15) is 0 Å². The smallest absolute Gasteiger partial charge is 0.124 e. The molecule has 6 rings (SSSR count). The molecule has 33 heavy (non-hydrogen) atoms. The molecule has 0 N–H and O–H groups in total. The number of hydrogen-bond donors (Lipinski definition) is 0. The third-order valence-corrected chi connectivity index (χ3v) is 10.9. The second-order valence-corrected chi connectivity index (χ2v) is 12.8. The van der Waals surface area contributed by atoms with Crippen LogP contribution in [0.1, 0.15) is 154 Å². The van der Waals surface area contributed by atoms with Gasteiger partial charge < -0.3 is 14.2 Å². The summed E-state index contributed by atoms with van der Waals surface area (Å²) in [7, 11) is 0. The summed E-state index contributed by atoms with van der Waals surface area (Å²) in [6, 6.07) is 0. The SMILES string of the molecule is C1CCCC23CCCCCCC2(O3)C(OC2CCCCCCC34CCCCCCC23O4)CC1. The highest BCUT2D eigenvalue weighted by atomic mass is 16.7. The molecule has 3 heteroatoms. The van der Waals surface area contributed by atoms with Crippen molar-refractivity contribution in [2.75, 3.05) is 0 Å². The fraction of sp³-hybridized carbons (Fsp3) is 1.00. The Kier molecular flexibility index (Phi) is 6.63. The highest BCUT2D eigenvalue weighted by Crippen LogP contribution is 2.65. The van der Waals surface area contributed by atoms with Gasteiger partial charge in [0.05, 0.1) is 12.2 Å². The van der Waals surface area contributed by atoms with E-state index in [2.05, 4.69) is 0 Å². The molecule has 6 unspecified atom stereocenters. The van der Waals surface area contributed by atoms with Crippen LogP contribution in [-0.2, 0) is 14.2 Å². The molecule has 0 radical (unpaired) electrons. The van der Waals surface area contributed by atoms with Gasteiger partial charge in [-0.25, -0.2) is 0 Å². The molecular weight excluding hydrogens is 408 g/mol. The van der Waals surface area contributed by atoms with E-state index < -0.39 is 0 Å². The lowest BCUT2D eigenvalue weighted by Crippen LogP contribution is -2.47. The van der Waals surface area contributed by atoms with E-state index in [9.17, 15) is 0 Å². The summed E-state index contributed by atoms with van der Waals surface area (Å²) < 4.78 is 21.4. The van der Waals surface area contributed by atoms with Gasteiger partial charge in [0.25, 0.3) is 0 Å². The van der Waals surface area contributed by atoms with E-state index in [0.29, 0.717) is 12.2 Å². The largest absolute Gasteiger partial charge is 0.369 e. The van der Waals surface area contributed by atoms with Gasteiger partial charge in [0.15, 0.2) is 0 Å². The number of hydrogen-bond acceptors (Lipinski definition) is 3. The maximum absolute atomic E-state index is 7.48. The summed E-state index contributed by atoms with van der Waals surface area (Å²) in [4.78, 5) is 0. The van der Waals surface area contributed by atoms with Crippen molar-refractivity contribution in [3.05, 3.63) is 0 Å². The van der Waals surface area contributed by atoms with Crippen LogP contribution in [0.25, 0.3) is 0 Å². The Morgan fingerprint density at radius 1 is 0.394 bits per heavy atom. The molecule has 0 aromatic carbocycles. The topological polar surface area (TPSA) is 34.3 Å². The molecule has 6 fully saturated rings. The number of ether oxygens (including phenoxy) is 3. The highest BCUT2D eigenvalue weighted by molar-refractivity contribution is 5.23. The predicted molar refractivity (Wildman–Crippen MR) is 133 cm³/mol. The molecule has 4 saturated carbocycles. The van der Waals surface area contributed by atoms with E-state index in [1.54, 1.807) is 0 Å². The molecule has 188 valence electrons. The van der Waals surface area contributed by atoms with Crippen molar-refractivity contribution in [2.24, 2.45) is 0 Å². The van der Waals surface area contributed by atoms with Gasteiger partial charge in [-0.1, -0.05) is 103 Å². The van der Waals surface area contributed by atoms with Gasteiger partial charge in [-0.3, -0.25) is 0 Å². The monoisotopic (exact) mass is 458 g/mol. The fourth-order valence-electron chi connectivity index (χ4n) is 9.06. The Hall–Kier alpha value is -0.120. The van der Waals surface area contributed by atoms with Gasteiger partial charge in [0.2, 0.25) is 0 Å². The van der Waals surface area contributed by atoms with Crippen molar-refractivity contribution >= 4 is 0 Å². The van der Waals surface area contributed by atoms with Crippen LogP contribution in [0.2, 0.25) is 0 Å². The van der Waals surface area contributed by atoms with E-state index in [1.165, 1.54) is 154 Å². The quantitative estimate of drug-likeness (QED) is 0.391. The molecule has 6 atom stereocenters. The first-order chi connectivity index (χ1) is 16.2. The molecule has 4 aliphatic carbocycles. The van der Waals surface area contributed by atoms with Crippen LogP contribution < -0.4 is 0 Å². The lowest BCUT2D eigenvalue weighted by Gasteiger charge is -2.36. The summed E-state index contributed by atoms with van der Waals surface area (Å²) in [6.45, 7) is 0. The first-order valence-electron chi connectivity index (χ1n) is 15.3. The average molecular weight is 459 g/mol. The second-order valence-electron chi connectivity index (χ2n) is 12.8. The maximum atomic E-state index is 7.48. The van der Waals surface area contributed by atoms with Crippen molar-refractivity contribution in [3.8, 4) is 0 Å². The number of epoxide rings is 2. The molecule has 0 bridgehead atoms. The Bertz CT molecular complexity index is 623. The summed E-state index contributed by atoms with van der Waals surface area (Å²) in [6.07, 6.45) is 32.4. The van der Waals surface area contributed by atoms with E-state index >= 15 is 0 Å². The van der Waals surface area contributed by atoms with Crippen LogP contribution >= 0.6 is 0 Å². The molecule has 0 aromatic heterocycles. The lowest BCUT2D eigenvalue weighted by molar-refractivity contribution is -0.0971. The third kappa shape index (κ3) is 4.05.